The lowest BCUT2D eigenvalue weighted by Gasteiger charge is -2.18. The minimum absolute atomic E-state index is 0.382. The van der Waals surface area contributed by atoms with Crippen molar-refractivity contribution in [3.63, 3.8) is 0 Å². The number of anilines is 1. The smallest absolute Gasteiger partial charge is 0.101 e. The van der Waals surface area contributed by atoms with Crippen molar-refractivity contribution in [1.82, 2.24) is 4.98 Å². The van der Waals surface area contributed by atoms with Crippen LogP contribution < -0.4 is 5.32 Å². The van der Waals surface area contributed by atoms with Crippen LogP contribution >= 0.6 is 0 Å². The molecule has 4 nitrogen and oxygen atoms in total. The summed E-state index contributed by atoms with van der Waals surface area (Å²) in [7, 11) is 0. The van der Waals surface area contributed by atoms with E-state index in [1.165, 1.54) is 0 Å². The Kier molecular flexibility index (Phi) is 3.05. The molecule has 0 atom stereocenters. The third-order valence-electron chi connectivity index (χ3n) is 1.65. The maximum atomic E-state index is 9.48. The van der Waals surface area contributed by atoms with E-state index in [0.717, 1.165) is 0 Å². The third-order valence-corrected chi connectivity index (χ3v) is 1.65. The summed E-state index contributed by atoms with van der Waals surface area (Å²) in [5, 5.41) is 21.2. The molecule has 1 heterocycles. The van der Waals surface area contributed by atoms with E-state index in [4.69, 9.17) is 5.26 Å². The molecule has 0 aliphatic carbocycles. The fraction of sp³-hybridized carbons (Fsp3) is 0.400. The maximum Gasteiger partial charge on any atom is 0.101 e. The number of hydrogen-bond donors (Lipinski definition) is 2. The molecule has 0 spiro atoms. The number of nitrogens with zero attached hydrogens (tertiary/aromatic N) is 2. The Hall–Kier alpha value is -1.60. The monoisotopic (exact) mass is 191 g/mol. The molecule has 1 rings (SSSR count). The predicted molar refractivity (Wildman–Crippen MR) is 53.7 cm³/mol. The van der Waals surface area contributed by atoms with Crippen LogP contribution in [-0.4, -0.2) is 22.2 Å². The van der Waals surface area contributed by atoms with Gasteiger partial charge < -0.3 is 10.4 Å². The van der Waals surface area contributed by atoms with Crippen molar-refractivity contribution < 1.29 is 5.11 Å². The number of nitriles is 1. The van der Waals surface area contributed by atoms with Crippen LogP contribution in [0.3, 0.4) is 0 Å². The fourth-order valence-electron chi connectivity index (χ4n) is 0.944. The summed E-state index contributed by atoms with van der Waals surface area (Å²) in [6.45, 7) is 3.78. The fourth-order valence-corrected chi connectivity index (χ4v) is 0.944. The number of rotatable bonds is 3. The second-order valence-corrected chi connectivity index (χ2v) is 3.70. The number of aliphatic hydroxyl groups is 1. The van der Waals surface area contributed by atoms with Gasteiger partial charge in [-0.15, -0.1) is 0 Å². The standard InChI is InChI=1S/C10H13N3O/c1-10(2,14)7-13-9-6-12-4-3-8(9)5-11/h3-4,6,13-14H,7H2,1-2H3. The highest BCUT2D eigenvalue weighted by molar-refractivity contribution is 5.55. The Balaban J connectivity index is 2.73. The quantitative estimate of drug-likeness (QED) is 0.751. The number of nitrogens with one attached hydrogen (secondary N) is 1. The van der Waals surface area contributed by atoms with Crippen molar-refractivity contribution in [3.8, 4) is 6.07 Å². The van der Waals surface area contributed by atoms with Crippen LogP contribution in [0.15, 0.2) is 18.5 Å². The van der Waals surface area contributed by atoms with Gasteiger partial charge in [-0.3, -0.25) is 4.98 Å². The summed E-state index contributed by atoms with van der Waals surface area (Å²) in [6.07, 6.45) is 3.14. The normalized spacial score (nSPS) is 10.7. The van der Waals surface area contributed by atoms with Gasteiger partial charge in [0.05, 0.1) is 23.0 Å². The molecule has 4 heteroatoms. The second-order valence-electron chi connectivity index (χ2n) is 3.70. The molecule has 0 aliphatic rings. The average molecular weight is 191 g/mol. The van der Waals surface area contributed by atoms with Gasteiger partial charge in [-0.2, -0.15) is 5.26 Å². The highest BCUT2D eigenvalue weighted by Gasteiger charge is 2.12. The molecule has 0 amide bonds. The van der Waals surface area contributed by atoms with Crippen LogP contribution in [0.4, 0.5) is 5.69 Å². The lowest BCUT2D eigenvalue weighted by molar-refractivity contribution is 0.0945. The van der Waals surface area contributed by atoms with E-state index in [2.05, 4.69) is 10.3 Å². The molecule has 14 heavy (non-hydrogen) atoms. The van der Waals surface area contributed by atoms with E-state index in [9.17, 15) is 5.11 Å². The van der Waals surface area contributed by atoms with Gasteiger partial charge >= 0.3 is 0 Å². The topological polar surface area (TPSA) is 68.9 Å². The number of pyridine rings is 1. The molecule has 2 N–H and O–H groups in total. The summed E-state index contributed by atoms with van der Waals surface area (Å²) in [5.41, 5.74) is 0.379. The third kappa shape index (κ3) is 3.04. The minimum Gasteiger partial charge on any atom is -0.389 e. The molecule has 0 aromatic carbocycles. The number of hydrogen-bond acceptors (Lipinski definition) is 4. The Morgan fingerprint density at radius 1 is 1.64 bits per heavy atom. The first kappa shape index (κ1) is 10.5. The Labute approximate surface area is 83.2 Å². The molecule has 0 radical (unpaired) electrons. The zero-order valence-electron chi connectivity index (χ0n) is 8.28. The lowest BCUT2D eigenvalue weighted by atomic mass is 10.1. The zero-order valence-corrected chi connectivity index (χ0v) is 8.28. The first-order valence-electron chi connectivity index (χ1n) is 4.33. The summed E-state index contributed by atoms with van der Waals surface area (Å²) in [4.78, 5) is 3.90. The van der Waals surface area contributed by atoms with E-state index in [0.29, 0.717) is 17.8 Å². The van der Waals surface area contributed by atoms with Crippen molar-refractivity contribution in [2.45, 2.75) is 19.4 Å². The van der Waals surface area contributed by atoms with Crippen LogP contribution in [0.1, 0.15) is 19.4 Å². The van der Waals surface area contributed by atoms with Gasteiger partial charge in [-0.25, -0.2) is 0 Å². The van der Waals surface area contributed by atoms with Crippen LogP contribution in [0, 0.1) is 11.3 Å². The molecule has 0 aliphatic heterocycles. The van der Waals surface area contributed by atoms with E-state index in [1.807, 2.05) is 6.07 Å². The Morgan fingerprint density at radius 2 is 2.36 bits per heavy atom. The van der Waals surface area contributed by atoms with Crippen molar-refractivity contribution in [1.29, 1.82) is 5.26 Å². The van der Waals surface area contributed by atoms with Crippen LogP contribution in [0.2, 0.25) is 0 Å². The van der Waals surface area contributed by atoms with Crippen molar-refractivity contribution >= 4 is 5.69 Å². The van der Waals surface area contributed by atoms with E-state index in [1.54, 1.807) is 32.3 Å². The van der Waals surface area contributed by atoms with E-state index >= 15 is 0 Å². The van der Waals surface area contributed by atoms with Crippen LogP contribution in [0.5, 0.6) is 0 Å². The molecule has 0 saturated heterocycles. The molecule has 1 aromatic rings. The molecule has 0 bridgehead atoms. The largest absolute Gasteiger partial charge is 0.389 e. The molecule has 0 fully saturated rings. The average Bonchev–Trinajstić information content (AvgIpc) is 2.14. The van der Waals surface area contributed by atoms with Gasteiger partial charge in [0.15, 0.2) is 0 Å². The summed E-state index contributed by atoms with van der Waals surface area (Å²) >= 11 is 0. The van der Waals surface area contributed by atoms with Crippen LogP contribution in [-0.2, 0) is 0 Å². The molecule has 1 aromatic heterocycles. The zero-order chi connectivity index (χ0) is 10.6. The van der Waals surface area contributed by atoms with Crippen molar-refractivity contribution in [2.24, 2.45) is 0 Å². The first-order valence-corrected chi connectivity index (χ1v) is 4.33. The molecule has 0 unspecified atom stereocenters. The second kappa shape index (κ2) is 4.07. The van der Waals surface area contributed by atoms with Gasteiger partial charge in [0, 0.05) is 12.7 Å². The van der Waals surface area contributed by atoms with Crippen molar-refractivity contribution in [3.05, 3.63) is 24.0 Å². The summed E-state index contributed by atoms with van der Waals surface area (Å²) < 4.78 is 0. The Bertz CT molecular complexity index is 349. The molecular weight excluding hydrogens is 178 g/mol. The lowest BCUT2D eigenvalue weighted by Crippen LogP contribution is -2.29. The van der Waals surface area contributed by atoms with Crippen molar-refractivity contribution in [2.75, 3.05) is 11.9 Å². The molecule has 0 saturated carbocycles. The SMILES string of the molecule is CC(C)(O)CNc1cnccc1C#N. The highest BCUT2D eigenvalue weighted by atomic mass is 16.3. The maximum absolute atomic E-state index is 9.48. The first-order chi connectivity index (χ1) is 6.53. The van der Waals surface area contributed by atoms with E-state index < -0.39 is 5.60 Å². The minimum atomic E-state index is -0.803. The van der Waals surface area contributed by atoms with E-state index in [-0.39, 0.29) is 0 Å². The van der Waals surface area contributed by atoms with Gasteiger partial charge in [0.25, 0.3) is 0 Å². The molecule has 74 valence electrons. The summed E-state index contributed by atoms with van der Waals surface area (Å²) in [5.74, 6) is 0. The van der Waals surface area contributed by atoms with Gasteiger partial charge in [0.1, 0.15) is 6.07 Å². The number of aromatic nitrogens is 1. The predicted octanol–water partition coefficient (Wildman–Crippen LogP) is 1.14. The highest BCUT2D eigenvalue weighted by Crippen LogP contribution is 2.13. The molecular formula is C10H13N3O. The van der Waals surface area contributed by atoms with Gasteiger partial charge in [-0.05, 0) is 19.9 Å². The van der Waals surface area contributed by atoms with Gasteiger partial charge in [0.2, 0.25) is 0 Å². The Morgan fingerprint density at radius 3 is 2.93 bits per heavy atom. The van der Waals surface area contributed by atoms with Gasteiger partial charge in [-0.1, -0.05) is 0 Å². The summed E-state index contributed by atoms with van der Waals surface area (Å²) in [6, 6.07) is 3.68. The van der Waals surface area contributed by atoms with Crippen LogP contribution in [0.25, 0.3) is 0 Å².